The molecule has 34 heavy (non-hydrogen) atoms. The fourth-order valence-corrected chi connectivity index (χ4v) is 5.83. The van der Waals surface area contributed by atoms with Gasteiger partial charge in [0.2, 0.25) is 15.9 Å². The standard InChI is InChI=1S/C24H24FN5O3S/c25-21-11-20(15-6-9-26-10-7-15)23(19-5-1-4-18(19)21)29-24(31)22(16-3-2-8-27-12-16)30-34(32,33)17-13-28-14-17/h2-3,6-12,17,22,28,30H,1,4-5,13-14H2,(H,29,31). The van der Waals surface area contributed by atoms with E-state index in [0.29, 0.717) is 53.9 Å². The van der Waals surface area contributed by atoms with Gasteiger partial charge < -0.3 is 10.6 Å². The molecule has 1 unspecified atom stereocenters. The van der Waals surface area contributed by atoms with Gasteiger partial charge in [-0.15, -0.1) is 0 Å². The fraction of sp³-hybridized carbons (Fsp3) is 0.292. The number of hydrogen-bond donors (Lipinski definition) is 3. The summed E-state index contributed by atoms with van der Waals surface area (Å²) in [6, 6.07) is 7.03. The lowest BCUT2D eigenvalue weighted by molar-refractivity contribution is -0.117. The summed E-state index contributed by atoms with van der Waals surface area (Å²) in [6.45, 7) is 0.656. The van der Waals surface area contributed by atoms with Crippen molar-refractivity contribution in [3.05, 3.63) is 77.6 Å². The Hall–Kier alpha value is -3.21. The number of sulfonamides is 1. The average molecular weight is 482 g/mol. The zero-order valence-corrected chi connectivity index (χ0v) is 19.1. The van der Waals surface area contributed by atoms with Gasteiger partial charge in [-0.3, -0.25) is 14.8 Å². The van der Waals surface area contributed by atoms with Crippen molar-refractivity contribution < 1.29 is 17.6 Å². The molecule has 0 spiro atoms. The third-order valence-electron chi connectivity index (χ3n) is 6.33. The second-order valence-electron chi connectivity index (χ2n) is 8.48. The van der Waals surface area contributed by atoms with E-state index >= 15 is 0 Å². The predicted octanol–water partition coefficient (Wildman–Crippen LogP) is 2.34. The summed E-state index contributed by atoms with van der Waals surface area (Å²) in [4.78, 5) is 21.7. The minimum atomic E-state index is -3.76. The van der Waals surface area contributed by atoms with Crippen LogP contribution in [0, 0.1) is 5.82 Å². The molecule has 2 aliphatic rings. The summed E-state index contributed by atoms with van der Waals surface area (Å²) in [7, 11) is -3.76. The Bertz CT molecular complexity index is 1320. The quantitative estimate of drug-likeness (QED) is 0.478. The molecule has 10 heteroatoms. The van der Waals surface area contributed by atoms with E-state index in [0.717, 1.165) is 12.0 Å². The number of pyridine rings is 2. The highest BCUT2D eigenvalue weighted by molar-refractivity contribution is 7.90. The largest absolute Gasteiger partial charge is 0.324 e. The lowest BCUT2D eigenvalue weighted by Crippen LogP contribution is -2.56. The molecule has 3 N–H and O–H groups in total. The van der Waals surface area contributed by atoms with E-state index in [1.807, 2.05) is 0 Å². The van der Waals surface area contributed by atoms with Crippen LogP contribution in [0.4, 0.5) is 10.1 Å². The van der Waals surface area contributed by atoms with Crippen molar-refractivity contribution in [2.24, 2.45) is 0 Å². The minimum Gasteiger partial charge on any atom is -0.324 e. The van der Waals surface area contributed by atoms with E-state index in [1.165, 1.54) is 12.3 Å². The summed E-state index contributed by atoms with van der Waals surface area (Å²) in [5.74, 6) is -0.862. The predicted molar refractivity (Wildman–Crippen MR) is 126 cm³/mol. The Morgan fingerprint density at radius 1 is 1.09 bits per heavy atom. The first-order valence-electron chi connectivity index (χ1n) is 11.1. The van der Waals surface area contributed by atoms with Gasteiger partial charge in [0.05, 0.1) is 5.69 Å². The molecule has 1 aromatic carbocycles. The van der Waals surface area contributed by atoms with Crippen molar-refractivity contribution in [3.8, 4) is 11.1 Å². The molecule has 5 rings (SSSR count). The first-order chi connectivity index (χ1) is 16.4. The van der Waals surface area contributed by atoms with Gasteiger partial charge in [0.25, 0.3) is 0 Å². The van der Waals surface area contributed by atoms with E-state index in [1.54, 1.807) is 42.9 Å². The van der Waals surface area contributed by atoms with Gasteiger partial charge in [-0.2, -0.15) is 4.72 Å². The Labute approximate surface area is 197 Å². The van der Waals surface area contributed by atoms with Gasteiger partial charge in [0.1, 0.15) is 17.1 Å². The lowest BCUT2D eigenvalue weighted by atomic mass is 9.97. The molecule has 176 valence electrons. The maximum atomic E-state index is 14.9. The van der Waals surface area contributed by atoms with Crippen molar-refractivity contribution in [1.29, 1.82) is 0 Å². The molecule has 1 amide bonds. The maximum absolute atomic E-state index is 14.9. The normalized spacial score (nSPS) is 16.5. The van der Waals surface area contributed by atoms with E-state index < -0.39 is 27.2 Å². The monoisotopic (exact) mass is 481 g/mol. The number of anilines is 1. The highest BCUT2D eigenvalue weighted by atomic mass is 32.2. The van der Waals surface area contributed by atoms with Gasteiger partial charge in [-0.1, -0.05) is 6.07 Å². The Balaban J connectivity index is 1.54. The van der Waals surface area contributed by atoms with Crippen molar-refractivity contribution in [2.45, 2.75) is 30.6 Å². The minimum absolute atomic E-state index is 0.306. The number of rotatable bonds is 7. The first-order valence-corrected chi connectivity index (χ1v) is 12.7. The van der Waals surface area contributed by atoms with Gasteiger partial charge in [0.15, 0.2) is 0 Å². The van der Waals surface area contributed by atoms with Gasteiger partial charge in [-0.25, -0.2) is 12.8 Å². The molecular weight excluding hydrogens is 457 g/mol. The van der Waals surface area contributed by atoms with Crippen LogP contribution in [0.15, 0.2) is 55.1 Å². The van der Waals surface area contributed by atoms with Crippen LogP contribution in [0.1, 0.15) is 29.2 Å². The second-order valence-corrected chi connectivity index (χ2v) is 10.5. The van der Waals surface area contributed by atoms with E-state index in [4.69, 9.17) is 0 Å². The number of amides is 1. The zero-order chi connectivity index (χ0) is 23.7. The SMILES string of the molecule is O=C(Nc1c(-c2ccncc2)cc(F)c2c1CCC2)C(NS(=O)(=O)C1CNC1)c1cccnc1. The van der Waals surface area contributed by atoms with Gasteiger partial charge in [0, 0.05) is 43.4 Å². The highest BCUT2D eigenvalue weighted by Gasteiger charge is 2.36. The number of carbonyl (C=O) groups excluding carboxylic acids is 1. The van der Waals surface area contributed by atoms with Crippen molar-refractivity contribution >= 4 is 21.6 Å². The van der Waals surface area contributed by atoms with E-state index in [-0.39, 0.29) is 5.82 Å². The molecule has 0 radical (unpaired) electrons. The number of carbonyl (C=O) groups is 1. The van der Waals surface area contributed by atoms with Crippen LogP contribution in [0.2, 0.25) is 0 Å². The lowest BCUT2D eigenvalue weighted by Gasteiger charge is -2.29. The highest BCUT2D eigenvalue weighted by Crippen LogP contribution is 2.39. The van der Waals surface area contributed by atoms with Crippen molar-refractivity contribution in [1.82, 2.24) is 20.0 Å². The smallest absolute Gasteiger partial charge is 0.247 e. The Morgan fingerprint density at radius 3 is 2.53 bits per heavy atom. The number of halogens is 1. The molecule has 0 bridgehead atoms. The number of nitrogens with zero attached hydrogens (tertiary/aromatic N) is 2. The fourth-order valence-electron chi connectivity index (χ4n) is 4.39. The molecule has 3 aromatic rings. The zero-order valence-electron chi connectivity index (χ0n) is 18.3. The summed E-state index contributed by atoms with van der Waals surface area (Å²) >= 11 is 0. The van der Waals surface area contributed by atoms with Crippen LogP contribution in [0.25, 0.3) is 11.1 Å². The second kappa shape index (κ2) is 9.21. The topological polar surface area (TPSA) is 113 Å². The number of benzene rings is 1. The molecule has 0 saturated carbocycles. The van der Waals surface area contributed by atoms with Crippen LogP contribution < -0.4 is 15.4 Å². The molecule has 3 heterocycles. The third-order valence-corrected chi connectivity index (χ3v) is 8.11. The van der Waals surface area contributed by atoms with E-state index in [2.05, 4.69) is 25.3 Å². The average Bonchev–Trinajstić information content (AvgIpc) is 3.30. The molecule has 1 saturated heterocycles. The van der Waals surface area contributed by atoms with Crippen LogP contribution in [0.5, 0.6) is 0 Å². The molecule has 1 aliphatic carbocycles. The molecule has 1 atom stereocenters. The van der Waals surface area contributed by atoms with Gasteiger partial charge in [-0.05, 0) is 65.8 Å². The van der Waals surface area contributed by atoms with Crippen molar-refractivity contribution in [3.63, 3.8) is 0 Å². The molecular formula is C24H24FN5O3S. The summed E-state index contributed by atoms with van der Waals surface area (Å²) < 4.78 is 43.2. The summed E-state index contributed by atoms with van der Waals surface area (Å²) in [6.07, 6.45) is 8.21. The van der Waals surface area contributed by atoms with Crippen LogP contribution in [-0.2, 0) is 27.7 Å². The summed E-state index contributed by atoms with van der Waals surface area (Å²) in [5, 5.41) is 5.26. The number of fused-ring (bicyclic) bond motifs is 1. The van der Waals surface area contributed by atoms with Gasteiger partial charge >= 0.3 is 0 Å². The molecule has 2 aromatic heterocycles. The number of hydrogen-bond acceptors (Lipinski definition) is 6. The third kappa shape index (κ3) is 4.31. The Kier molecular flexibility index (Phi) is 6.11. The van der Waals surface area contributed by atoms with Crippen LogP contribution >= 0.6 is 0 Å². The summed E-state index contributed by atoms with van der Waals surface area (Å²) in [5.41, 5.74) is 3.50. The van der Waals surface area contributed by atoms with Crippen LogP contribution in [-0.4, -0.2) is 42.6 Å². The molecule has 1 aliphatic heterocycles. The van der Waals surface area contributed by atoms with Crippen molar-refractivity contribution in [2.75, 3.05) is 18.4 Å². The van der Waals surface area contributed by atoms with E-state index in [9.17, 15) is 17.6 Å². The van der Waals surface area contributed by atoms with Crippen LogP contribution in [0.3, 0.4) is 0 Å². The maximum Gasteiger partial charge on any atom is 0.247 e. The molecule has 1 fully saturated rings. The molecule has 8 nitrogen and oxygen atoms in total. The number of nitrogens with one attached hydrogen (secondary N) is 3. The number of aromatic nitrogens is 2. The first kappa shape index (κ1) is 22.6. The Morgan fingerprint density at radius 2 is 1.85 bits per heavy atom.